The lowest BCUT2D eigenvalue weighted by Gasteiger charge is -2.21. The first-order chi connectivity index (χ1) is 10.7. The molecule has 0 aliphatic heterocycles. The Morgan fingerprint density at radius 1 is 1.35 bits per heavy atom. The first kappa shape index (κ1) is 18.9. The summed E-state index contributed by atoms with van der Waals surface area (Å²) in [7, 11) is 1.32. The fourth-order valence-electron chi connectivity index (χ4n) is 1.48. The maximum absolute atomic E-state index is 11.7. The van der Waals surface area contributed by atoms with Crippen molar-refractivity contribution < 1.29 is 19.1 Å². The van der Waals surface area contributed by atoms with Gasteiger partial charge in [0.05, 0.1) is 18.8 Å². The van der Waals surface area contributed by atoms with Crippen LogP contribution in [-0.2, 0) is 14.3 Å². The van der Waals surface area contributed by atoms with Crippen LogP contribution in [0.5, 0.6) is 0 Å². The van der Waals surface area contributed by atoms with Crippen molar-refractivity contribution in [1.82, 2.24) is 10.3 Å². The molecule has 1 aromatic heterocycles. The lowest BCUT2D eigenvalue weighted by atomic mass is 10.2. The number of amides is 1. The highest BCUT2D eigenvalue weighted by Gasteiger charge is 2.19. The quantitative estimate of drug-likeness (QED) is 0.505. The molecular formula is C16H22N2O4S. The molecule has 0 fully saturated rings. The Hall–Kier alpha value is -2.15. The number of hydrogen-bond donors (Lipinski definition) is 1. The topological polar surface area (TPSA) is 77.5 Å². The van der Waals surface area contributed by atoms with E-state index in [0.717, 1.165) is 10.7 Å². The average molecular weight is 338 g/mol. The summed E-state index contributed by atoms with van der Waals surface area (Å²) in [5.74, 6) is -0.413. The Labute approximate surface area is 140 Å². The zero-order valence-electron chi connectivity index (χ0n) is 14.0. The van der Waals surface area contributed by atoms with Gasteiger partial charge in [-0.1, -0.05) is 12.2 Å². The molecule has 6 nitrogen and oxygen atoms in total. The van der Waals surface area contributed by atoms with Gasteiger partial charge in [-0.25, -0.2) is 14.6 Å². The smallest absolute Gasteiger partial charge is 0.408 e. The van der Waals surface area contributed by atoms with Gasteiger partial charge in [0.15, 0.2) is 0 Å². The van der Waals surface area contributed by atoms with Crippen LogP contribution in [0.15, 0.2) is 23.6 Å². The molecule has 0 aromatic carbocycles. The van der Waals surface area contributed by atoms with Crippen LogP contribution in [-0.4, -0.2) is 29.8 Å². The SMILES string of the molecule is COC(=O)/C=C/C=C/c1csc(C(C)NC(=O)OC(C)(C)C)n1. The van der Waals surface area contributed by atoms with Gasteiger partial charge in [0.1, 0.15) is 10.6 Å². The highest BCUT2D eigenvalue weighted by atomic mass is 32.1. The molecule has 0 aliphatic carbocycles. The molecule has 0 aliphatic rings. The van der Waals surface area contributed by atoms with Crippen molar-refractivity contribution >= 4 is 29.5 Å². The van der Waals surface area contributed by atoms with Crippen molar-refractivity contribution in [2.24, 2.45) is 0 Å². The molecule has 0 saturated carbocycles. The maximum Gasteiger partial charge on any atom is 0.408 e. The number of allylic oxidation sites excluding steroid dienone is 2. The zero-order chi connectivity index (χ0) is 17.5. The minimum atomic E-state index is -0.535. The maximum atomic E-state index is 11.7. The van der Waals surface area contributed by atoms with Crippen LogP contribution in [0.4, 0.5) is 4.79 Å². The van der Waals surface area contributed by atoms with Gasteiger partial charge in [-0.2, -0.15) is 0 Å². The average Bonchev–Trinajstić information content (AvgIpc) is 2.90. The molecule has 1 heterocycles. The van der Waals surface area contributed by atoms with Crippen molar-refractivity contribution in [3.63, 3.8) is 0 Å². The van der Waals surface area contributed by atoms with Crippen LogP contribution >= 0.6 is 11.3 Å². The molecule has 7 heteroatoms. The van der Waals surface area contributed by atoms with Gasteiger partial charge in [0, 0.05) is 11.5 Å². The number of hydrogen-bond acceptors (Lipinski definition) is 6. The number of thiazole rings is 1. The predicted octanol–water partition coefficient (Wildman–Crippen LogP) is 3.47. The van der Waals surface area contributed by atoms with E-state index in [1.807, 2.05) is 33.1 Å². The second kappa shape index (κ2) is 8.47. The summed E-state index contributed by atoms with van der Waals surface area (Å²) in [4.78, 5) is 27.0. The van der Waals surface area contributed by atoms with Gasteiger partial charge in [0.2, 0.25) is 0 Å². The van der Waals surface area contributed by atoms with Crippen LogP contribution in [0, 0.1) is 0 Å². The van der Waals surface area contributed by atoms with Crippen molar-refractivity contribution in [1.29, 1.82) is 0 Å². The monoisotopic (exact) mass is 338 g/mol. The third kappa shape index (κ3) is 7.60. The van der Waals surface area contributed by atoms with E-state index in [4.69, 9.17) is 4.74 Å². The minimum Gasteiger partial charge on any atom is -0.466 e. The van der Waals surface area contributed by atoms with Gasteiger partial charge in [-0.05, 0) is 33.8 Å². The number of rotatable bonds is 5. The molecule has 1 rings (SSSR count). The van der Waals surface area contributed by atoms with E-state index < -0.39 is 17.7 Å². The summed E-state index contributed by atoms with van der Waals surface area (Å²) in [6.45, 7) is 7.27. The standard InChI is InChI=1S/C16H22N2O4S/c1-11(17-15(20)22-16(2,3)4)14-18-12(10-23-14)8-6-7-9-13(19)21-5/h6-11H,1-5H3,(H,17,20)/b8-6+,9-7+. The Morgan fingerprint density at radius 2 is 2.04 bits per heavy atom. The Morgan fingerprint density at radius 3 is 2.65 bits per heavy atom. The summed E-state index contributed by atoms with van der Waals surface area (Å²) in [6.07, 6.45) is 5.88. The number of methoxy groups -OCH3 is 1. The van der Waals surface area contributed by atoms with E-state index in [2.05, 4.69) is 15.0 Å². The second-order valence-electron chi connectivity index (χ2n) is 5.72. The fraction of sp³-hybridized carbons (Fsp3) is 0.438. The van der Waals surface area contributed by atoms with Crippen molar-refractivity contribution in [2.75, 3.05) is 7.11 Å². The summed E-state index contributed by atoms with van der Waals surface area (Å²) in [6, 6.07) is -0.248. The second-order valence-corrected chi connectivity index (χ2v) is 6.61. The number of ether oxygens (including phenoxy) is 2. The molecule has 1 N–H and O–H groups in total. The van der Waals surface area contributed by atoms with Gasteiger partial charge >= 0.3 is 12.1 Å². The highest BCUT2D eigenvalue weighted by Crippen LogP contribution is 2.19. The summed E-state index contributed by atoms with van der Waals surface area (Å²) < 4.78 is 9.69. The predicted molar refractivity (Wildman–Crippen MR) is 90.1 cm³/mol. The fourth-order valence-corrected chi connectivity index (χ4v) is 2.27. The first-order valence-corrected chi connectivity index (χ1v) is 7.97. The van der Waals surface area contributed by atoms with Crippen LogP contribution in [0.1, 0.15) is 44.4 Å². The molecule has 126 valence electrons. The summed E-state index contributed by atoms with van der Waals surface area (Å²) in [5, 5.41) is 5.38. The van der Waals surface area contributed by atoms with E-state index in [1.54, 1.807) is 18.2 Å². The molecule has 23 heavy (non-hydrogen) atoms. The van der Waals surface area contributed by atoms with E-state index in [-0.39, 0.29) is 6.04 Å². The first-order valence-electron chi connectivity index (χ1n) is 7.09. The third-order valence-electron chi connectivity index (χ3n) is 2.45. The Balaban J connectivity index is 2.58. The lowest BCUT2D eigenvalue weighted by Crippen LogP contribution is -2.34. The molecule has 1 atom stereocenters. The normalized spacial score (nSPS) is 13.3. The van der Waals surface area contributed by atoms with Crippen LogP contribution in [0.25, 0.3) is 6.08 Å². The number of nitrogens with one attached hydrogen (secondary N) is 1. The number of nitrogens with zero attached hydrogens (tertiary/aromatic N) is 1. The molecule has 1 unspecified atom stereocenters. The van der Waals surface area contributed by atoms with Crippen LogP contribution in [0.2, 0.25) is 0 Å². The zero-order valence-corrected chi connectivity index (χ0v) is 14.8. The summed E-state index contributed by atoms with van der Waals surface area (Å²) >= 11 is 1.44. The van der Waals surface area contributed by atoms with E-state index in [9.17, 15) is 9.59 Å². The van der Waals surface area contributed by atoms with E-state index in [0.29, 0.717) is 0 Å². The number of carbonyl (C=O) groups is 2. The van der Waals surface area contributed by atoms with Crippen molar-refractivity contribution in [2.45, 2.75) is 39.3 Å². The highest BCUT2D eigenvalue weighted by molar-refractivity contribution is 7.09. The molecule has 0 saturated heterocycles. The Bertz CT molecular complexity index is 599. The number of alkyl carbamates (subject to hydrolysis) is 1. The molecular weight excluding hydrogens is 316 g/mol. The molecule has 1 amide bonds. The summed E-state index contributed by atoms with van der Waals surface area (Å²) in [5.41, 5.74) is 0.212. The van der Waals surface area contributed by atoms with Crippen molar-refractivity contribution in [3.8, 4) is 0 Å². The molecule has 0 bridgehead atoms. The molecule has 0 spiro atoms. The number of esters is 1. The van der Waals surface area contributed by atoms with Gasteiger partial charge in [-0.3, -0.25) is 0 Å². The van der Waals surface area contributed by atoms with Gasteiger partial charge < -0.3 is 14.8 Å². The number of aromatic nitrogens is 1. The number of carbonyl (C=O) groups excluding carboxylic acids is 2. The van der Waals surface area contributed by atoms with E-state index >= 15 is 0 Å². The Kier molecular flexibility index (Phi) is 6.96. The van der Waals surface area contributed by atoms with Crippen LogP contribution < -0.4 is 5.32 Å². The minimum absolute atomic E-state index is 0.248. The molecule has 1 aromatic rings. The van der Waals surface area contributed by atoms with Crippen LogP contribution in [0.3, 0.4) is 0 Å². The molecule has 0 radical (unpaired) electrons. The lowest BCUT2D eigenvalue weighted by molar-refractivity contribution is -0.134. The van der Waals surface area contributed by atoms with E-state index in [1.165, 1.54) is 24.5 Å². The van der Waals surface area contributed by atoms with Crippen molar-refractivity contribution in [3.05, 3.63) is 34.3 Å². The van der Waals surface area contributed by atoms with Gasteiger partial charge in [-0.15, -0.1) is 11.3 Å². The largest absolute Gasteiger partial charge is 0.466 e. The third-order valence-corrected chi connectivity index (χ3v) is 3.50. The van der Waals surface area contributed by atoms with Gasteiger partial charge in [0.25, 0.3) is 0 Å².